The summed E-state index contributed by atoms with van der Waals surface area (Å²) in [6.45, 7) is 2.47. The summed E-state index contributed by atoms with van der Waals surface area (Å²) in [5.41, 5.74) is 9.95. The smallest absolute Gasteiger partial charge is 0.251 e. The van der Waals surface area contributed by atoms with Crippen LogP contribution in [0.4, 0.5) is 5.82 Å². The Balaban J connectivity index is 1.81. The summed E-state index contributed by atoms with van der Waals surface area (Å²) in [5.74, 6) is 6.38. The Labute approximate surface area is 164 Å². The summed E-state index contributed by atoms with van der Waals surface area (Å²) < 4.78 is 0.814. The van der Waals surface area contributed by atoms with Gasteiger partial charge in [0, 0.05) is 28.3 Å². The molecule has 2 aromatic heterocycles. The van der Waals surface area contributed by atoms with Crippen molar-refractivity contribution in [1.82, 2.24) is 10.3 Å². The molecule has 26 heavy (non-hydrogen) atoms. The van der Waals surface area contributed by atoms with Crippen molar-refractivity contribution in [2.24, 2.45) is 0 Å². The van der Waals surface area contributed by atoms with Gasteiger partial charge in [-0.25, -0.2) is 4.98 Å². The molecule has 1 aromatic carbocycles. The second-order valence-electron chi connectivity index (χ2n) is 5.68. The summed E-state index contributed by atoms with van der Waals surface area (Å²) in [6.07, 6.45) is 1.63. The first-order valence-corrected chi connectivity index (χ1v) is 9.59. The van der Waals surface area contributed by atoms with Crippen LogP contribution >= 0.6 is 27.3 Å². The molecule has 1 amide bonds. The molecule has 0 bridgehead atoms. The maximum absolute atomic E-state index is 12.4. The minimum absolute atomic E-state index is 0.122. The zero-order valence-electron chi connectivity index (χ0n) is 14.0. The predicted molar refractivity (Wildman–Crippen MR) is 109 cm³/mol. The van der Waals surface area contributed by atoms with Crippen LogP contribution in [0.1, 0.15) is 32.6 Å². The fourth-order valence-corrected chi connectivity index (χ4v) is 3.26. The number of nitrogens with two attached hydrogens (primary N) is 1. The highest BCUT2D eigenvalue weighted by Gasteiger charge is 2.07. The summed E-state index contributed by atoms with van der Waals surface area (Å²) in [7, 11) is 0. The number of carbonyl (C=O) groups excluding carboxylic acids is 1. The van der Waals surface area contributed by atoms with Gasteiger partial charge in [0.2, 0.25) is 0 Å². The third kappa shape index (κ3) is 4.51. The van der Waals surface area contributed by atoms with Gasteiger partial charge in [0.15, 0.2) is 0 Å². The third-order valence-electron chi connectivity index (χ3n) is 3.75. The van der Waals surface area contributed by atoms with E-state index in [0.717, 1.165) is 21.2 Å². The van der Waals surface area contributed by atoms with E-state index in [1.165, 1.54) is 0 Å². The van der Waals surface area contributed by atoms with E-state index in [9.17, 15) is 4.79 Å². The fourth-order valence-electron chi connectivity index (χ4n) is 2.26. The highest BCUT2D eigenvalue weighted by Crippen LogP contribution is 2.16. The number of benzene rings is 1. The van der Waals surface area contributed by atoms with E-state index in [2.05, 4.69) is 38.1 Å². The maximum atomic E-state index is 12.4. The number of rotatable bonds is 3. The molecule has 3 aromatic rings. The minimum Gasteiger partial charge on any atom is -0.383 e. The highest BCUT2D eigenvalue weighted by atomic mass is 79.9. The van der Waals surface area contributed by atoms with Crippen molar-refractivity contribution in [3.8, 4) is 11.8 Å². The molecular weight excluding hydrogens is 410 g/mol. The molecule has 0 saturated heterocycles. The number of anilines is 1. The number of aromatic nitrogens is 1. The van der Waals surface area contributed by atoms with Gasteiger partial charge in [0.25, 0.3) is 5.91 Å². The van der Waals surface area contributed by atoms with Gasteiger partial charge in [-0.3, -0.25) is 4.79 Å². The maximum Gasteiger partial charge on any atom is 0.251 e. The zero-order chi connectivity index (χ0) is 18.5. The molecule has 0 aliphatic heterocycles. The van der Waals surface area contributed by atoms with Crippen molar-refractivity contribution in [1.29, 1.82) is 0 Å². The Morgan fingerprint density at radius 3 is 2.85 bits per heavy atom. The average molecular weight is 426 g/mol. The SMILES string of the molecule is Cc1ccc(C(=O)NCc2ccsc2)cc1C#Cc1cc(Br)cnc1N. The number of nitrogens with one attached hydrogen (secondary N) is 1. The van der Waals surface area contributed by atoms with Crippen molar-refractivity contribution in [2.75, 3.05) is 5.73 Å². The lowest BCUT2D eigenvalue weighted by Gasteiger charge is -2.06. The van der Waals surface area contributed by atoms with Gasteiger partial charge in [0.05, 0.1) is 5.56 Å². The Bertz CT molecular complexity index is 1000. The summed E-state index contributed by atoms with van der Waals surface area (Å²) in [5, 5.41) is 6.93. The molecule has 0 spiro atoms. The molecule has 0 radical (unpaired) electrons. The van der Waals surface area contributed by atoms with Crippen LogP contribution in [0.15, 0.2) is 51.8 Å². The Hall–Kier alpha value is -2.62. The minimum atomic E-state index is -0.122. The molecule has 0 fully saturated rings. The van der Waals surface area contributed by atoms with Crippen LogP contribution in [0.5, 0.6) is 0 Å². The van der Waals surface area contributed by atoms with E-state index in [4.69, 9.17) is 5.73 Å². The van der Waals surface area contributed by atoms with Gasteiger partial charge in [-0.05, 0) is 69.0 Å². The summed E-state index contributed by atoms with van der Waals surface area (Å²) in [4.78, 5) is 16.5. The number of amides is 1. The molecule has 0 aliphatic carbocycles. The second kappa shape index (κ2) is 8.17. The van der Waals surface area contributed by atoms with Gasteiger partial charge in [-0.1, -0.05) is 17.9 Å². The normalized spacial score (nSPS) is 10.1. The number of nitrogen functional groups attached to an aromatic ring is 1. The van der Waals surface area contributed by atoms with Crippen molar-refractivity contribution in [3.05, 3.63) is 79.6 Å². The number of carbonyl (C=O) groups is 1. The van der Waals surface area contributed by atoms with E-state index < -0.39 is 0 Å². The molecule has 0 atom stereocenters. The van der Waals surface area contributed by atoms with Crippen molar-refractivity contribution in [3.63, 3.8) is 0 Å². The predicted octanol–water partition coefficient (Wildman–Crippen LogP) is 4.13. The quantitative estimate of drug-likeness (QED) is 0.619. The third-order valence-corrected chi connectivity index (χ3v) is 4.92. The number of nitrogens with zero attached hydrogens (tertiary/aromatic N) is 1. The molecule has 6 heteroatoms. The van der Waals surface area contributed by atoms with Gasteiger partial charge >= 0.3 is 0 Å². The van der Waals surface area contributed by atoms with Crippen LogP contribution in [0.25, 0.3) is 0 Å². The van der Waals surface area contributed by atoms with Crippen LogP contribution < -0.4 is 11.1 Å². The second-order valence-corrected chi connectivity index (χ2v) is 7.38. The van der Waals surface area contributed by atoms with Gasteiger partial charge in [0.1, 0.15) is 5.82 Å². The first-order valence-electron chi connectivity index (χ1n) is 7.86. The molecular formula is C20H16BrN3OS. The Morgan fingerprint density at radius 2 is 2.08 bits per heavy atom. The van der Waals surface area contributed by atoms with Crippen molar-refractivity contribution in [2.45, 2.75) is 13.5 Å². The molecule has 3 rings (SSSR count). The lowest BCUT2D eigenvalue weighted by Crippen LogP contribution is -2.22. The first-order chi connectivity index (χ1) is 12.5. The molecule has 2 heterocycles. The molecule has 4 nitrogen and oxygen atoms in total. The standard InChI is InChI=1S/C20H16BrN3OS/c1-13-2-3-17(20(25)24-10-14-6-7-26-12-14)8-15(13)4-5-16-9-18(21)11-23-19(16)22/h2-3,6-9,11-12H,10H2,1H3,(H2,22,23)(H,24,25). The first kappa shape index (κ1) is 18.2. The van der Waals surface area contributed by atoms with Crippen molar-refractivity contribution < 1.29 is 4.79 Å². The average Bonchev–Trinajstić information content (AvgIpc) is 3.15. The highest BCUT2D eigenvalue weighted by molar-refractivity contribution is 9.10. The fraction of sp³-hybridized carbons (Fsp3) is 0.100. The van der Waals surface area contributed by atoms with Crippen LogP contribution in [-0.2, 0) is 6.54 Å². The van der Waals surface area contributed by atoms with E-state index in [1.54, 1.807) is 29.7 Å². The number of halogens is 1. The summed E-state index contributed by atoms with van der Waals surface area (Å²) >= 11 is 4.97. The molecule has 0 saturated carbocycles. The van der Waals surface area contributed by atoms with Crippen molar-refractivity contribution >= 4 is 39.0 Å². The van der Waals surface area contributed by atoms with Crippen LogP contribution in [-0.4, -0.2) is 10.9 Å². The topological polar surface area (TPSA) is 68.0 Å². The lowest BCUT2D eigenvalue weighted by molar-refractivity contribution is 0.0951. The monoisotopic (exact) mass is 425 g/mol. The molecule has 130 valence electrons. The zero-order valence-corrected chi connectivity index (χ0v) is 16.4. The van der Waals surface area contributed by atoms with Gasteiger partial charge in [-0.15, -0.1) is 0 Å². The van der Waals surface area contributed by atoms with Gasteiger partial charge < -0.3 is 11.1 Å². The lowest BCUT2D eigenvalue weighted by atomic mass is 10.0. The Morgan fingerprint density at radius 1 is 1.27 bits per heavy atom. The molecule has 3 N–H and O–H groups in total. The molecule has 0 aliphatic rings. The number of thiophene rings is 1. The van der Waals surface area contributed by atoms with E-state index in [1.807, 2.05) is 35.9 Å². The largest absolute Gasteiger partial charge is 0.383 e. The van der Waals surface area contributed by atoms with E-state index in [0.29, 0.717) is 23.5 Å². The number of hydrogen-bond acceptors (Lipinski definition) is 4. The number of aryl methyl sites for hydroxylation is 1. The van der Waals surface area contributed by atoms with Crippen LogP contribution in [0.3, 0.4) is 0 Å². The van der Waals surface area contributed by atoms with Crippen LogP contribution in [0, 0.1) is 18.8 Å². The van der Waals surface area contributed by atoms with E-state index >= 15 is 0 Å². The Kier molecular flexibility index (Phi) is 5.71. The van der Waals surface area contributed by atoms with Crippen LogP contribution in [0.2, 0.25) is 0 Å². The van der Waals surface area contributed by atoms with Gasteiger partial charge in [-0.2, -0.15) is 11.3 Å². The number of pyridine rings is 1. The number of hydrogen-bond donors (Lipinski definition) is 2. The molecule has 0 unspecified atom stereocenters. The van der Waals surface area contributed by atoms with E-state index in [-0.39, 0.29) is 5.91 Å². The summed E-state index contributed by atoms with van der Waals surface area (Å²) in [6, 6.07) is 9.31.